The van der Waals surface area contributed by atoms with Gasteiger partial charge in [0.15, 0.2) is 5.65 Å². The first kappa shape index (κ1) is 12.3. The average molecular weight is 283 g/mol. The second-order valence-electron chi connectivity index (χ2n) is 5.32. The second-order valence-corrected chi connectivity index (χ2v) is 5.32. The van der Waals surface area contributed by atoms with E-state index in [1.54, 1.807) is 17.1 Å². The number of aromatic nitrogens is 4. The maximum Gasteiger partial charge on any atom is 0.176 e. The molecule has 0 N–H and O–H groups in total. The minimum Gasteiger partial charge on any atom is -0.370 e. The van der Waals surface area contributed by atoms with Crippen molar-refractivity contribution in [2.45, 2.75) is 5.92 Å². The van der Waals surface area contributed by atoms with Crippen LogP contribution in [0.1, 0.15) is 11.6 Å². The van der Waals surface area contributed by atoms with Gasteiger partial charge in [-0.2, -0.15) is 5.10 Å². The van der Waals surface area contributed by atoms with Crippen LogP contribution in [0.25, 0.3) is 11.2 Å². The summed E-state index contributed by atoms with van der Waals surface area (Å²) in [5, 5.41) is 4.56. The number of aryl methyl sites for hydroxylation is 1. The lowest BCUT2D eigenvalue weighted by Crippen LogP contribution is -2.45. The summed E-state index contributed by atoms with van der Waals surface area (Å²) in [4.78, 5) is 10.9. The van der Waals surface area contributed by atoms with Crippen LogP contribution in [0.5, 0.6) is 0 Å². The number of anilines is 1. The Morgan fingerprint density at radius 1 is 1.10 bits per heavy atom. The van der Waals surface area contributed by atoms with Gasteiger partial charge in [0, 0.05) is 44.1 Å². The molecule has 0 amide bonds. The van der Waals surface area contributed by atoms with Crippen molar-refractivity contribution in [3.8, 4) is 0 Å². The van der Waals surface area contributed by atoms with Gasteiger partial charge in [-0.15, -0.1) is 0 Å². The summed E-state index contributed by atoms with van der Waals surface area (Å²) in [7, 11) is 1.89. The van der Waals surface area contributed by atoms with Crippen molar-refractivity contribution in [1.82, 2.24) is 19.7 Å². The summed E-state index contributed by atoms with van der Waals surface area (Å²) >= 11 is 0. The molecule has 3 heterocycles. The fourth-order valence-electron chi connectivity index (χ4n) is 2.79. The van der Waals surface area contributed by atoms with Gasteiger partial charge in [0.25, 0.3) is 0 Å². The molecule has 1 saturated heterocycles. The first-order chi connectivity index (χ1) is 10.2. The largest absolute Gasteiger partial charge is 0.370 e. The quantitative estimate of drug-likeness (QED) is 0.722. The smallest absolute Gasteiger partial charge is 0.176 e. The van der Waals surface area contributed by atoms with Gasteiger partial charge in [0.1, 0.15) is 11.3 Å². The van der Waals surface area contributed by atoms with Gasteiger partial charge in [-0.05, 0) is 24.3 Å². The Labute approximate surface area is 121 Å². The molecule has 0 aliphatic carbocycles. The van der Waals surface area contributed by atoms with Crippen molar-refractivity contribution < 1.29 is 4.39 Å². The van der Waals surface area contributed by atoms with Crippen LogP contribution in [0, 0.1) is 5.82 Å². The number of fused-ring (bicyclic) bond motifs is 1. The number of halogens is 1. The fraction of sp³-hybridized carbons (Fsp3) is 0.267. The van der Waals surface area contributed by atoms with E-state index in [4.69, 9.17) is 0 Å². The van der Waals surface area contributed by atoms with Crippen LogP contribution in [-0.4, -0.2) is 32.8 Å². The molecule has 5 nitrogen and oxygen atoms in total. The van der Waals surface area contributed by atoms with Gasteiger partial charge in [-0.1, -0.05) is 0 Å². The van der Waals surface area contributed by atoms with Crippen LogP contribution in [0.4, 0.5) is 10.1 Å². The molecule has 3 aromatic rings. The van der Waals surface area contributed by atoms with E-state index in [9.17, 15) is 4.39 Å². The maximum atomic E-state index is 12.9. The molecule has 1 fully saturated rings. The summed E-state index contributed by atoms with van der Waals surface area (Å²) < 4.78 is 14.7. The molecular weight excluding hydrogens is 269 g/mol. The molecule has 0 atom stereocenters. The monoisotopic (exact) mass is 283 g/mol. The van der Waals surface area contributed by atoms with E-state index < -0.39 is 0 Å². The minimum absolute atomic E-state index is 0.207. The zero-order valence-electron chi connectivity index (χ0n) is 11.6. The van der Waals surface area contributed by atoms with Crippen LogP contribution >= 0.6 is 0 Å². The molecule has 1 aromatic carbocycles. The lowest BCUT2D eigenvalue weighted by atomic mass is 9.95. The van der Waals surface area contributed by atoms with E-state index in [1.165, 1.54) is 12.1 Å². The Bertz CT molecular complexity index is 789. The molecule has 6 heteroatoms. The molecule has 4 rings (SSSR count). The highest BCUT2D eigenvalue weighted by Gasteiger charge is 2.32. The first-order valence-corrected chi connectivity index (χ1v) is 6.86. The Morgan fingerprint density at radius 2 is 1.81 bits per heavy atom. The van der Waals surface area contributed by atoms with Gasteiger partial charge in [0.05, 0.1) is 5.69 Å². The highest BCUT2D eigenvalue weighted by atomic mass is 19.1. The van der Waals surface area contributed by atoms with E-state index in [1.807, 2.05) is 19.2 Å². The van der Waals surface area contributed by atoms with Crippen LogP contribution in [0.15, 0.2) is 36.7 Å². The number of hydrogen-bond donors (Lipinski definition) is 0. The van der Waals surface area contributed by atoms with E-state index >= 15 is 0 Å². The molecule has 1 aliphatic rings. The van der Waals surface area contributed by atoms with Crippen LogP contribution in [0.2, 0.25) is 0 Å². The van der Waals surface area contributed by atoms with E-state index in [0.29, 0.717) is 5.92 Å². The Morgan fingerprint density at radius 3 is 2.57 bits per heavy atom. The standard InChI is InChI=1S/C15H14FN5/c1-20-15-14(17-6-7-18-15)13(19-20)10-8-21(9-10)12-4-2-11(16)3-5-12/h2-7,10H,8-9H2,1H3. The van der Waals surface area contributed by atoms with E-state index in [2.05, 4.69) is 20.0 Å². The fourth-order valence-corrected chi connectivity index (χ4v) is 2.79. The number of hydrogen-bond acceptors (Lipinski definition) is 4. The molecular formula is C15H14FN5. The molecule has 106 valence electrons. The third-order valence-electron chi connectivity index (χ3n) is 3.95. The van der Waals surface area contributed by atoms with Gasteiger partial charge < -0.3 is 4.90 Å². The number of rotatable bonds is 2. The highest BCUT2D eigenvalue weighted by Crippen LogP contribution is 2.33. The van der Waals surface area contributed by atoms with Crippen molar-refractivity contribution in [1.29, 1.82) is 0 Å². The molecule has 0 spiro atoms. The van der Waals surface area contributed by atoms with Crippen molar-refractivity contribution in [3.05, 3.63) is 48.2 Å². The summed E-state index contributed by atoms with van der Waals surface area (Å²) in [6.07, 6.45) is 3.38. The SMILES string of the molecule is Cn1nc(C2CN(c3ccc(F)cc3)C2)c2nccnc21. The Balaban J connectivity index is 1.58. The summed E-state index contributed by atoms with van der Waals surface area (Å²) in [5.74, 6) is 0.136. The third-order valence-corrected chi connectivity index (χ3v) is 3.95. The zero-order chi connectivity index (χ0) is 14.4. The lowest BCUT2D eigenvalue weighted by molar-refractivity contribution is 0.508. The normalized spacial score (nSPS) is 15.4. The summed E-state index contributed by atoms with van der Waals surface area (Å²) in [5.41, 5.74) is 3.73. The van der Waals surface area contributed by atoms with E-state index in [0.717, 1.165) is 35.6 Å². The molecule has 1 aliphatic heterocycles. The predicted molar refractivity (Wildman–Crippen MR) is 77.7 cm³/mol. The van der Waals surface area contributed by atoms with Crippen molar-refractivity contribution in [3.63, 3.8) is 0 Å². The van der Waals surface area contributed by atoms with Gasteiger partial charge in [0.2, 0.25) is 0 Å². The maximum absolute atomic E-state index is 12.9. The molecule has 21 heavy (non-hydrogen) atoms. The van der Waals surface area contributed by atoms with Gasteiger partial charge >= 0.3 is 0 Å². The van der Waals surface area contributed by atoms with Crippen molar-refractivity contribution in [2.75, 3.05) is 18.0 Å². The zero-order valence-corrected chi connectivity index (χ0v) is 11.6. The van der Waals surface area contributed by atoms with Crippen molar-refractivity contribution >= 4 is 16.9 Å². The Hall–Kier alpha value is -2.50. The molecule has 0 bridgehead atoms. The van der Waals surface area contributed by atoms with Crippen LogP contribution in [-0.2, 0) is 7.05 Å². The second kappa shape index (κ2) is 4.51. The minimum atomic E-state index is -0.207. The van der Waals surface area contributed by atoms with Crippen molar-refractivity contribution in [2.24, 2.45) is 7.05 Å². The van der Waals surface area contributed by atoms with Gasteiger partial charge in [-0.3, -0.25) is 0 Å². The summed E-state index contributed by atoms with van der Waals surface area (Å²) in [6.45, 7) is 1.74. The molecule has 0 saturated carbocycles. The predicted octanol–water partition coefficient (Wildman–Crippen LogP) is 2.11. The van der Waals surface area contributed by atoms with Crippen LogP contribution in [0.3, 0.4) is 0 Å². The first-order valence-electron chi connectivity index (χ1n) is 6.86. The summed E-state index contributed by atoms with van der Waals surface area (Å²) in [6, 6.07) is 6.60. The highest BCUT2D eigenvalue weighted by molar-refractivity contribution is 5.74. The van der Waals surface area contributed by atoms with E-state index in [-0.39, 0.29) is 5.82 Å². The third kappa shape index (κ3) is 1.94. The topological polar surface area (TPSA) is 46.8 Å². The van der Waals surface area contributed by atoms with Gasteiger partial charge in [-0.25, -0.2) is 19.0 Å². The lowest BCUT2D eigenvalue weighted by Gasteiger charge is -2.40. The molecule has 2 aromatic heterocycles. The molecule has 0 unspecified atom stereocenters. The molecule has 0 radical (unpaired) electrons. The number of nitrogens with zero attached hydrogens (tertiary/aromatic N) is 5. The number of benzene rings is 1. The Kier molecular flexibility index (Phi) is 2.63. The van der Waals surface area contributed by atoms with Crippen LogP contribution < -0.4 is 4.90 Å². The average Bonchev–Trinajstić information content (AvgIpc) is 2.77.